The van der Waals surface area contributed by atoms with Crippen molar-refractivity contribution in [2.24, 2.45) is 0 Å². The van der Waals surface area contributed by atoms with Gasteiger partial charge in [0.2, 0.25) is 0 Å². The fourth-order valence-electron chi connectivity index (χ4n) is 1.47. The molecule has 2 aromatic rings. The van der Waals surface area contributed by atoms with Gasteiger partial charge in [0, 0.05) is 24.4 Å². The average molecular weight is 248 g/mol. The molecule has 2 N–H and O–H groups in total. The first-order valence-corrected chi connectivity index (χ1v) is 6.67. The van der Waals surface area contributed by atoms with Gasteiger partial charge in [-0.15, -0.1) is 0 Å². The van der Waals surface area contributed by atoms with Crippen LogP contribution in [-0.2, 0) is 6.42 Å². The molecule has 0 saturated carbocycles. The first-order chi connectivity index (χ1) is 8.31. The molecule has 0 aliphatic heterocycles. The van der Waals surface area contributed by atoms with E-state index in [1.165, 1.54) is 0 Å². The number of hydrogen-bond acceptors (Lipinski definition) is 5. The topological polar surface area (TPSA) is 49.8 Å². The van der Waals surface area contributed by atoms with Crippen molar-refractivity contribution in [3.05, 3.63) is 28.7 Å². The number of nitrogens with one attached hydrogen (secondary N) is 2. The van der Waals surface area contributed by atoms with Gasteiger partial charge in [0.05, 0.1) is 5.69 Å². The monoisotopic (exact) mass is 248 g/mol. The molecule has 0 aromatic carbocycles. The van der Waals surface area contributed by atoms with Gasteiger partial charge >= 0.3 is 0 Å². The Labute approximate surface area is 105 Å². The highest BCUT2D eigenvalue weighted by Gasteiger charge is 2.03. The van der Waals surface area contributed by atoms with Crippen LogP contribution in [0.25, 0.3) is 0 Å². The molecular formula is C12H16N4S. The highest BCUT2D eigenvalue weighted by molar-refractivity contribution is 7.08. The Morgan fingerprint density at radius 3 is 2.71 bits per heavy atom. The van der Waals surface area contributed by atoms with Crippen molar-refractivity contribution >= 4 is 28.7 Å². The predicted octanol–water partition coefficient (Wildman–Crippen LogP) is 3.28. The first kappa shape index (κ1) is 11.9. The number of hydrogen-bond donors (Lipinski definition) is 2. The summed E-state index contributed by atoms with van der Waals surface area (Å²) in [6.45, 7) is 4.97. The van der Waals surface area contributed by atoms with Crippen LogP contribution in [0.15, 0.2) is 22.9 Å². The van der Waals surface area contributed by atoms with Gasteiger partial charge in [-0.2, -0.15) is 11.3 Å². The van der Waals surface area contributed by atoms with Crippen molar-refractivity contribution in [3.8, 4) is 0 Å². The number of thiophene rings is 1. The third-order valence-corrected chi connectivity index (χ3v) is 2.92. The highest BCUT2D eigenvalue weighted by Crippen LogP contribution is 2.19. The van der Waals surface area contributed by atoms with Crippen molar-refractivity contribution < 1.29 is 0 Å². The third-order valence-electron chi connectivity index (χ3n) is 2.24. The Balaban J connectivity index is 2.23. The summed E-state index contributed by atoms with van der Waals surface area (Å²) in [6.07, 6.45) is 0.831. The van der Waals surface area contributed by atoms with E-state index in [0.717, 1.165) is 36.1 Å². The van der Waals surface area contributed by atoms with E-state index in [9.17, 15) is 0 Å². The molecule has 17 heavy (non-hydrogen) atoms. The van der Waals surface area contributed by atoms with Crippen molar-refractivity contribution in [2.75, 3.05) is 17.2 Å². The quantitative estimate of drug-likeness (QED) is 0.852. The van der Waals surface area contributed by atoms with Gasteiger partial charge in [0.25, 0.3) is 0 Å². The standard InChI is InChI=1S/C12H16N4S/c1-3-10-15-11(13-4-2)7-12(16-10)14-9-5-6-17-8-9/h5-8H,3-4H2,1-2H3,(H2,13,14,15,16). The third kappa shape index (κ3) is 3.17. The molecule has 0 atom stereocenters. The van der Waals surface area contributed by atoms with Crippen molar-refractivity contribution in [2.45, 2.75) is 20.3 Å². The molecular weight excluding hydrogens is 232 g/mol. The molecule has 2 rings (SSSR count). The van der Waals surface area contributed by atoms with E-state index < -0.39 is 0 Å². The van der Waals surface area contributed by atoms with Gasteiger partial charge in [-0.1, -0.05) is 6.92 Å². The zero-order valence-electron chi connectivity index (χ0n) is 10.0. The lowest BCUT2D eigenvalue weighted by Crippen LogP contribution is -2.05. The maximum atomic E-state index is 4.45. The maximum absolute atomic E-state index is 4.45. The van der Waals surface area contributed by atoms with E-state index in [-0.39, 0.29) is 0 Å². The molecule has 0 radical (unpaired) electrons. The second-order valence-electron chi connectivity index (χ2n) is 3.58. The minimum atomic E-state index is 0.831. The SMILES string of the molecule is CCNc1cc(Nc2ccsc2)nc(CC)n1. The van der Waals surface area contributed by atoms with Gasteiger partial charge in [0.1, 0.15) is 17.5 Å². The summed E-state index contributed by atoms with van der Waals surface area (Å²) >= 11 is 1.66. The Hall–Kier alpha value is -1.62. The summed E-state index contributed by atoms with van der Waals surface area (Å²) in [6, 6.07) is 3.96. The van der Waals surface area contributed by atoms with E-state index in [2.05, 4.69) is 39.8 Å². The lowest BCUT2D eigenvalue weighted by Gasteiger charge is -2.08. The molecule has 0 unspecified atom stereocenters. The van der Waals surface area contributed by atoms with Gasteiger partial charge in [0.15, 0.2) is 0 Å². The van der Waals surface area contributed by atoms with Crippen LogP contribution < -0.4 is 10.6 Å². The molecule has 0 spiro atoms. The van der Waals surface area contributed by atoms with Crippen LogP contribution in [0, 0.1) is 0 Å². The van der Waals surface area contributed by atoms with Crippen molar-refractivity contribution in [1.29, 1.82) is 0 Å². The van der Waals surface area contributed by atoms with E-state index >= 15 is 0 Å². The first-order valence-electron chi connectivity index (χ1n) is 5.73. The number of anilines is 3. The van der Waals surface area contributed by atoms with E-state index in [4.69, 9.17) is 0 Å². The summed E-state index contributed by atoms with van der Waals surface area (Å²) in [7, 11) is 0. The summed E-state index contributed by atoms with van der Waals surface area (Å²) in [4.78, 5) is 8.86. The van der Waals surface area contributed by atoms with Crippen LogP contribution in [0.4, 0.5) is 17.3 Å². The Bertz CT molecular complexity index is 467. The number of nitrogens with zero attached hydrogens (tertiary/aromatic N) is 2. The van der Waals surface area contributed by atoms with Crippen LogP contribution in [0.3, 0.4) is 0 Å². The molecule has 2 aromatic heterocycles. The molecule has 4 nitrogen and oxygen atoms in total. The van der Waals surface area contributed by atoms with E-state index in [1.54, 1.807) is 11.3 Å². The Morgan fingerprint density at radius 1 is 1.24 bits per heavy atom. The molecule has 0 fully saturated rings. The minimum absolute atomic E-state index is 0.831. The molecule has 0 bridgehead atoms. The maximum Gasteiger partial charge on any atom is 0.136 e. The molecule has 0 amide bonds. The molecule has 90 valence electrons. The van der Waals surface area contributed by atoms with E-state index in [1.807, 2.05) is 17.5 Å². The van der Waals surface area contributed by atoms with Crippen LogP contribution in [0.2, 0.25) is 0 Å². The van der Waals surface area contributed by atoms with Gasteiger partial charge in [-0.25, -0.2) is 9.97 Å². The summed E-state index contributed by atoms with van der Waals surface area (Å²) in [5, 5.41) is 10.6. The number of aromatic nitrogens is 2. The molecule has 0 saturated heterocycles. The summed E-state index contributed by atoms with van der Waals surface area (Å²) in [5.41, 5.74) is 1.07. The lowest BCUT2D eigenvalue weighted by atomic mass is 10.4. The smallest absolute Gasteiger partial charge is 0.136 e. The summed E-state index contributed by atoms with van der Waals surface area (Å²) < 4.78 is 0. The van der Waals surface area contributed by atoms with Crippen molar-refractivity contribution in [3.63, 3.8) is 0 Å². The second-order valence-corrected chi connectivity index (χ2v) is 4.36. The zero-order chi connectivity index (χ0) is 12.1. The van der Waals surface area contributed by atoms with Crippen LogP contribution in [0.1, 0.15) is 19.7 Å². The lowest BCUT2D eigenvalue weighted by molar-refractivity contribution is 0.939. The summed E-state index contributed by atoms with van der Waals surface area (Å²) in [5.74, 6) is 2.56. The highest BCUT2D eigenvalue weighted by atomic mass is 32.1. The second kappa shape index (κ2) is 5.63. The molecule has 5 heteroatoms. The number of rotatable bonds is 5. The largest absolute Gasteiger partial charge is 0.370 e. The van der Waals surface area contributed by atoms with Crippen molar-refractivity contribution in [1.82, 2.24) is 9.97 Å². The fourth-order valence-corrected chi connectivity index (χ4v) is 2.06. The van der Waals surface area contributed by atoms with Crippen LogP contribution >= 0.6 is 11.3 Å². The normalized spacial score (nSPS) is 10.2. The molecule has 0 aliphatic rings. The Morgan fingerprint density at radius 2 is 2.06 bits per heavy atom. The fraction of sp³-hybridized carbons (Fsp3) is 0.333. The van der Waals surface area contributed by atoms with Gasteiger partial charge in [-0.05, 0) is 18.4 Å². The predicted molar refractivity (Wildman–Crippen MR) is 73.2 cm³/mol. The zero-order valence-corrected chi connectivity index (χ0v) is 10.8. The van der Waals surface area contributed by atoms with E-state index in [0.29, 0.717) is 0 Å². The van der Waals surface area contributed by atoms with Crippen LogP contribution in [0.5, 0.6) is 0 Å². The number of aryl methyl sites for hydroxylation is 1. The minimum Gasteiger partial charge on any atom is -0.370 e. The van der Waals surface area contributed by atoms with Crippen LogP contribution in [-0.4, -0.2) is 16.5 Å². The average Bonchev–Trinajstić information content (AvgIpc) is 2.82. The van der Waals surface area contributed by atoms with Gasteiger partial charge in [-0.3, -0.25) is 0 Å². The Kier molecular flexibility index (Phi) is 3.93. The molecule has 2 heterocycles. The molecule has 0 aliphatic carbocycles. The van der Waals surface area contributed by atoms with Gasteiger partial charge < -0.3 is 10.6 Å².